The first kappa shape index (κ1) is 42.2. The van der Waals surface area contributed by atoms with Gasteiger partial charge in [0.2, 0.25) is 27.4 Å². The Morgan fingerprint density at radius 2 is 1.69 bits per heavy atom. The molecule has 0 aromatic heterocycles. The fourth-order valence-corrected chi connectivity index (χ4v) is 8.93. The Hall–Kier alpha value is -3.95. The number of Topliss-reactive ketones (excluding diaryl/α,β-unsaturated/α-hetero) is 1. The van der Waals surface area contributed by atoms with E-state index in [1.165, 1.54) is 24.1 Å². The van der Waals surface area contributed by atoms with Crippen molar-refractivity contribution in [1.29, 1.82) is 0 Å². The summed E-state index contributed by atoms with van der Waals surface area (Å²) in [5.74, 6) is -5.78. The number of allylic oxidation sites excluding steroid dienone is 2. The third-order valence-electron chi connectivity index (χ3n) is 11.8. The highest BCUT2D eigenvalue weighted by molar-refractivity contribution is 7.91. The van der Waals surface area contributed by atoms with Crippen molar-refractivity contribution in [2.45, 2.75) is 121 Å². The number of carbonyl (C=O) groups excluding carboxylic acids is 5. The van der Waals surface area contributed by atoms with Gasteiger partial charge in [-0.05, 0) is 101 Å². The first-order chi connectivity index (χ1) is 25.5. The number of alkyl halides is 3. The number of fused-ring (bicyclic) bond motifs is 2. The van der Waals surface area contributed by atoms with E-state index in [4.69, 9.17) is 14.2 Å². The van der Waals surface area contributed by atoms with E-state index < -0.39 is 104 Å². The van der Waals surface area contributed by atoms with Gasteiger partial charge >= 0.3 is 18.1 Å². The van der Waals surface area contributed by atoms with Gasteiger partial charge in [-0.2, -0.15) is 13.2 Å². The number of ketones is 1. The maximum Gasteiger partial charge on any atom is 0.427 e. The lowest BCUT2D eigenvalue weighted by Gasteiger charge is -2.33. The highest BCUT2D eigenvalue weighted by Crippen LogP contribution is 2.57. The molecular weight excluding hydrogens is 745 g/mol. The van der Waals surface area contributed by atoms with E-state index in [9.17, 15) is 45.6 Å². The predicted molar refractivity (Wildman–Crippen MR) is 193 cm³/mol. The first-order valence-corrected chi connectivity index (χ1v) is 20.2. The van der Waals surface area contributed by atoms with Crippen molar-refractivity contribution in [3.05, 3.63) is 42.0 Å². The second-order valence-corrected chi connectivity index (χ2v) is 18.8. The summed E-state index contributed by atoms with van der Waals surface area (Å²) in [4.78, 5) is 70.5. The van der Waals surface area contributed by atoms with Crippen molar-refractivity contribution in [2.24, 2.45) is 29.1 Å². The Labute approximate surface area is 319 Å². The Morgan fingerprint density at radius 3 is 2.29 bits per heavy atom. The molecule has 1 aromatic carbocycles. The van der Waals surface area contributed by atoms with Crippen LogP contribution < -0.4 is 9.46 Å². The fourth-order valence-electron chi connectivity index (χ4n) is 7.60. The summed E-state index contributed by atoms with van der Waals surface area (Å²) >= 11 is 0. The van der Waals surface area contributed by atoms with E-state index in [0.717, 1.165) is 0 Å². The van der Waals surface area contributed by atoms with Crippen molar-refractivity contribution in [2.75, 3.05) is 13.7 Å². The molecular formula is C39H51F3N2O10S. The van der Waals surface area contributed by atoms with Crippen molar-refractivity contribution in [1.82, 2.24) is 9.62 Å². The molecule has 12 nitrogen and oxygen atoms in total. The van der Waals surface area contributed by atoms with Gasteiger partial charge in [0.25, 0.3) is 0 Å². The summed E-state index contributed by atoms with van der Waals surface area (Å²) in [7, 11) is -2.58. The highest BCUT2D eigenvalue weighted by atomic mass is 32.2. The van der Waals surface area contributed by atoms with Crippen LogP contribution in [0.15, 0.2) is 36.4 Å². The Kier molecular flexibility index (Phi) is 11.9. The van der Waals surface area contributed by atoms with Crippen LogP contribution in [0.2, 0.25) is 0 Å². The smallest absolute Gasteiger partial charge is 0.427 e. The lowest BCUT2D eigenvalue weighted by atomic mass is 9.82. The molecule has 0 bridgehead atoms. The summed E-state index contributed by atoms with van der Waals surface area (Å²) in [6, 6.07) is 4.83. The molecule has 16 heteroatoms. The number of esters is 2. The summed E-state index contributed by atoms with van der Waals surface area (Å²) in [6.07, 6.45) is -0.872. The number of nitrogens with one attached hydrogen (secondary N) is 1. The number of ether oxygens (including phenoxy) is 3. The number of sulfonamides is 1. The van der Waals surface area contributed by atoms with E-state index in [1.54, 1.807) is 26.0 Å². The van der Waals surface area contributed by atoms with Crippen LogP contribution in [-0.4, -0.2) is 85.2 Å². The first-order valence-electron chi connectivity index (χ1n) is 18.7. The van der Waals surface area contributed by atoms with E-state index in [2.05, 4.69) is 4.72 Å². The molecule has 4 aliphatic rings. The zero-order valence-corrected chi connectivity index (χ0v) is 32.9. The van der Waals surface area contributed by atoms with Gasteiger partial charge < -0.3 is 19.1 Å². The minimum Gasteiger partial charge on any atom is -0.497 e. The molecule has 0 unspecified atom stereocenters. The average Bonchev–Trinajstić information content (AvgIpc) is 3.98. The molecule has 2 amide bonds. The molecule has 5 rings (SSSR count). The zero-order valence-electron chi connectivity index (χ0n) is 32.1. The van der Waals surface area contributed by atoms with Gasteiger partial charge in [0.15, 0.2) is 5.78 Å². The largest absolute Gasteiger partial charge is 0.497 e. The molecule has 2 aliphatic heterocycles. The molecule has 1 N–H and O–H groups in total. The van der Waals surface area contributed by atoms with Gasteiger partial charge in [-0.15, -0.1) is 0 Å². The van der Waals surface area contributed by atoms with Crippen LogP contribution in [0.4, 0.5) is 13.2 Å². The zero-order chi connectivity index (χ0) is 40.7. The van der Waals surface area contributed by atoms with Crippen molar-refractivity contribution in [3.8, 4) is 5.75 Å². The molecule has 7 atom stereocenters. The molecule has 304 valence electrons. The van der Waals surface area contributed by atoms with Gasteiger partial charge in [0, 0.05) is 12.8 Å². The van der Waals surface area contributed by atoms with Crippen LogP contribution in [0, 0.1) is 29.1 Å². The number of hydrogen-bond acceptors (Lipinski definition) is 10. The molecule has 0 radical (unpaired) electrons. The monoisotopic (exact) mass is 796 g/mol. The van der Waals surface area contributed by atoms with Crippen molar-refractivity contribution < 1.29 is 59.8 Å². The van der Waals surface area contributed by atoms with Gasteiger partial charge in [-0.1, -0.05) is 26.0 Å². The topological polar surface area (TPSA) is 162 Å². The maximum atomic E-state index is 14.6. The van der Waals surface area contributed by atoms with Crippen LogP contribution >= 0.6 is 0 Å². The van der Waals surface area contributed by atoms with Crippen molar-refractivity contribution >= 4 is 39.6 Å². The third-order valence-corrected chi connectivity index (χ3v) is 14.0. The van der Waals surface area contributed by atoms with Gasteiger partial charge in [-0.25, -0.2) is 13.2 Å². The predicted octanol–water partition coefficient (Wildman–Crippen LogP) is 5.69. The minimum atomic E-state index is -4.88. The van der Waals surface area contributed by atoms with E-state index in [0.29, 0.717) is 51.7 Å². The number of halogens is 3. The number of methoxy groups -OCH3 is 1. The summed E-state index contributed by atoms with van der Waals surface area (Å²) in [5, 5.41) is 0. The van der Waals surface area contributed by atoms with Crippen molar-refractivity contribution in [3.63, 3.8) is 0 Å². The molecule has 0 spiro atoms. The lowest BCUT2D eigenvalue weighted by Crippen LogP contribution is -2.48. The highest BCUT2D eigenvalue weighted by Gasteiger charge is 2.63. The van der Waals surface area contributed by atoms with Crippen LogP contribution in [0.5, 0.6) is 5.75 Å². The van der Waals surface area contributed by atoms with Gasteiger partial charge in [0.1, 0.15) is 11.9 Å². The number of nitrogens with zero attached hydrogens (tertiary/aromatic N) is 1. The third kappa shape index (κ3) is 9.20. The van der Waals surface area contributed by atoms with Gasteiger partial charge in [-0.3, -0.25) is 23.9 Å². The van der Waals surface area contributed by atoms with E-state index >= 15 is 0 Å². The molecule has 55 heavy (non-hydrogen) atoms. The second kappa shape index (κ2) is 15.5. The summed E-state index contributed by atoms with van der Waals surface area (Å²) < 4.78 is 84.2. The Morgan fingerprint density at radius 1 is 1.04 bits per heavy atom. The summed E-state index contributed by atoms with van der Waals surface area (Å²) in [6.45, 7) is 6.37. The standard InChI is InChI=1S/C39H51F3N2O10S/c1-23-9-7-8-10-26-20-38(26,35(49)43-55(50,51)37(5)15-16-37)21-31(45)30-18-28(53-34(48)25-11-13-27(52-6)14-12-25)22-44(30)33(47)29(24(2)17-23)19-32(46)54-36(3,4)39(40,41)42/h8,10-14,23-24,26,28-30H,7,9,15-22H2,1-6H3,(H,43,49)/b10-8-/t23-,24-,26-,28-,29+,30+,38-/m1/s1. The summed E-state index contributed by atoms with van der Waals surface area (Å²) in [5.41, 5.74) is -4.07. The molecule has 2 aliphatic carbocycles. The van der Waals surface area contributed by atoms with Crippen LogP contribution in [0.25, 0.3) is 0 Å². The number of amides is 2. The van der Waals surface area contributed by atoms with Crippen LogP contribution in [0.3, 0.4) is 0 Å². The lowest BCUT2D eigenvalue weighted by molar-refractivity contribution is -0.257. The Bertz CT molecular complexity index is 1810. The number of carbonyl (C=O) groups is 5. The van der Waals surface area contributed by atoms with Crippen LogP contribution in [0.1, 0.15) is 103 Å². The average molecular weight is 797 g/mol. The molecule has 1 aromatic rings. The van der Waals surface area contributed by atoms with E-state index in [-0.39, 0.29) is 30.9 Å². The Balaban J connectivity index is 1.48. The molecule has 1 saturated heterocycles. The molecule has 2 saturated carbocycles. The number of benzene rings is 1. The fraction of sp³-hybridized carbons (Fsp3) is 0.667. The second-order valence-electron chi connectivity index (χ2n) is 16.6. The van der Waals surface area contributed by atoms with Gasteiger partial charge in [0.05, 0.1) is 47.8 Å². The quantitative estimate of drug-likeness (QED) is 0.243. The molecule has 2 heterocycles. The SMILES string of the molecule is COc1ccc(C(=O)O[C@@H]2C[C@H]3C(=O)C[C@]4(C(=O)NS(=O)(=O)C5(C)CC5)C[C@H]4/C=C\CC[C@@H](C)C[C@@H](C)[C@H](CC(=O)OC(C)(C)C(F)(F)F)C(=O)N3C2)cc1. The maximum absolute atomic E-state index is 14.6. The van der Waals surface area contributed by atoms with Crippen LogP contribution in [-0.2, 0) is 38.7 Å². The number of rotatable bonds is 9. The van der Waals surface area contributed by atoms with E-state index in [1.807, 2.05) is 19.1 Å². The number of hydrogen-bond donors (Lipinski definition) is 1. The molecule has 3 fully saturated rings. The minimum absolute atomic E-state index is 0.00592. The normalized spacial score (nSPS) is 30.5.